The highest BCUT2D eigenvalue weighted by Crippen LogP contribution is 2.16. The van der Waals surface area contributed by atoms with Crippen molar-refractivity contribution in [3.63, 3.8) is 0 Å². The van der Waals surface area contributed by atoms with E-state index in [0.29, 0.717) is 36.5 Å². The summed E-state index contributed by atoms with van der Waals surface area (Å²) in [6, 6.07) is 6.64. The second kappa shape index (κ2) is 6.95. The zero-order chi connectivity index (χ0) is 16.3. The van der Waals surface area contributed by atoms with E-state index in [1.165, 1.54) is 14.1 Å². The Labute approximate surface area is 136 Å². The molecule has 1 N–H and O–H groups in total. The topological polar surface area (TPSA) is 69.7 Å². The number of benzene rings is 1. The smallest absolute Gasteiger partial charge is 0.279 e. The standard InChI is InChI=1S/C14H20ClN3O3S/c1-17(2)22(20,21)16-13-7-9-18(10-8-13)14(19)11-3-5-12(15)6-4-11/h3-6,13,16H,7-10H2,1-2H3. The Bertz CT molecular complexity index is 623. The van der Waals surface area contributed by atoms with Crippen molar-refractivity contribution in [3.05, 3.63) is 34.9 Å². The highest BCUT2D eigenvalue weighted by molar-refractivity contribution is 7.87. The third-order valence-electron chi connectivity index (χ3n) is 3.67. The van der Waals surface area contributed by atoms with Gasteiger partial charge in [-0.1, -0.05) is 11.6 Å². The number of nitrogens with one attached hydrogen (secondary N) is 1. The molecule has 2 rings (SSSR count). The maximum Gasteiger partial charge on any atom is 0.279 e. The molecule has 6 nitrogen and oxygen atoms in total. The number of carbonyl (C=O) groups is 1. The first-order valence-corrected chi connectivity index (χ1v) is 8.86. The van der Waals surface area contributed by atoms with Crippen LogP contribution in [0.3, 0.4) is 0 Å². The first kappa shape index (κ1) is 17.2. The van der Waals surface area contributed by atoms with Crippen molar-refractivity contribution in [2.75, 3.05) is 27.2 Å². The van der Waals surface area contributed by atoms with Gasteiger partial charge in [0.2, 0.25) is 0 Å². The van der Waals surface area contributed by atoms with E-state index >= 15 is 0 Å². The molecule has 1 saturated heterocycles. The van der Waals surface area contributed by atoms with Crippen molar-refractivity contribution >= 4 is 27.7 Å². The van der Waals surface area contributed by atoms with E-state index in [9.17, 15) is 13.2 Å². The van der Waals surface area contributed by atoms with E-state index in [1.807, 2.05) is 0 Å². The lowest BCUT2D eigenvalue weighted by molar-refractivity contribution is 0.0711. The molecule has 1 amide bonds. The molecule has 0 saturated carbocycles. The molecule has 1 aliphatic heterocycles. The summed E-state index contributed by atoms with van der Waals surface area (Å²) in [5.41, 5.74) is 0.594. The minimum Gasteiger partial charge on any atom is -0.339 e. The Kier molecular flexibility index (Phi) is 5.44. The fourth-order valence-electron chi connectivity index (χ4n) is 2.29. The number of amides is 1. The third-order valence-corrected chi connectivity index (χ3v) is 5.51. The fourth-order valence-corrected chi connectivity index (χ4v) is 3.29. The normalized spacial score (nSPS) is 17.0. The van der Waals surface area contributed by atoms with Crippen LogP contribution in [0.5, 0.6) is 0 Å². The molecule has 0 aliphatic carbocycles. The lowest BCUT2D eigenvalue weighted by Crippen LogP contribution is -2.49. The van der Waals surface area contributed by atoms with Crippen LogP contribution in [0.15, 0.2) is 24.3 Å². The molecule has 0 spiro atoms. The van der Waals surface area contributed by atoms with Gasteiger partial charge in [-0.25, -0.2) is 0 Å². The summed E-state index contributed by atoms with van der Waals surface area (Å²) < 4.78 is 27.4. The van der Waals surface area contributed by atoms with Gasteiger partial charge in [0.1, 0.15) is 0 Å². The monoisotopic (exact) mass is 345 g/mol. The summed E-state index contributed by atoms with van der Waals surface area (Å²) in [6.07, 6.45) is 1.21. The first-order valence-electron chi connectivity index (χ1n) is 7.04. The Morgan fingerprint density at radius 2 is 1.77 bits per heavy atom. The molecule has 1 aromatic carbocycles. The number of rotatable bonds is 4. The molecule has 0 bridgehead atoms. The van der Waals surface area contributed by atoms with Crippen molar-refractivity contribution < 1.29 is 13.2 Å². The Hall–Kier alpha value is -1.15. The minimum atomic E-state index is -3.43. The summed E-state index contributed by atoms with van der Waals surface area (Å²) >= 11 is 5.81. The maximum absolute atomic E-state index is 12.3. The van der Waals surface area contributed by atoms with Crippen LogP contribution in [0.1, 0.15) is 23.2 Å². The van der Waals surface area contributed by atoms with Gasteiger partial charge in [0.05, 0.1) is 0 Å². The number of hydrogen-bond donors (Lipinski definition) is 1. The van der Waals surface area contributed by atoms with Crippen LogP contribution in [0, 0.1) is 0 Å². The summed E-state index contributed by atoms with van der Waals surface area (Å²) in [4.78, 5) is 14.1. The number of piperidine rings is 1. The lowest BCUT2D eigenvalue weighted by Gasteiger charge is -2.32. The minimum absolute atomic E-state index is 0.0504. The first-order chi connectivity index (χ1) is 10.3. The van der Waals surface area contributed by atoms with Crippen LogP contribution in [-0.2, 0) is 10.2 Å². The second-order valence-corrected chi connectivity index (χ2v) is 7.83. The molecule has 1 aromatic rings. The SMILES string of the molecule is CN(C)S(=O)(=O)NC1CCN(C(=O)c2ccc(Cl)cc2)CC1. The molecule has 1 aliphatic rings. The van der Waals surface area contributed by atoms with Gasteiger partial charge in [0, 0.05) is 43.8 Å². The van der Waals surface area contributed by atoms with Crippen LogP contribution >= 0.6 is 11.6 Å². The van der Waals surface area contributed by atoms with Gasteiger partial charge in [0.15, 0.2) is 0 Å². The van der Waals surface area contributed by atoms with Crippen molar-refractivity contribution in [2.45, 2.75) is 18.9 Å². The van der Waals surface area contributed by atoms with Crippen LogP contribution < -0.4 is 4.72 Å². The predicted molar refractivity (Wildman–Crippen MR) is 86.1 cm³/mol. The Morgan fingerprint density at radius 3 is 2.27 bits per heavy atom. The number of carbonyl (C=O) groups excluding carboxylic acids is 1. The zero-order valence-electron chi connectivity index (χ0n) is 12.6. The number of nitrogens with zero attached hydrogens (tertiary/aromatic N) is 2. The van der Waals surface area contributed by atoms with Crippen LogP contribution in [-0.4, -0.2) is 56.8 Å². The molecule has 22 heavy (non-hydrogen) atoms. The van der Waals surface area contributed by atoms with Gasteiger partial charge in [-0.2, -0.15) is 17.4 Å². The van der Waals surface area contributed by atoms with Crippen LogP contribution in [0.2, 0.25) is 5.02 Å². The molecular weight excluding hydrogens is 326 g/mol. The number of halogens is 1. The molecule has 0 atom stereocenters. The molecule has 1 fully saturated rings. The van der Waals surface area contributed by atoms with E-state index in [0.717, 1.165) is 4.31 Å². The summed E-state index contributed by atoms with van der Waals surface area (Å²) in [6.45, 7) is 1.06. The molecule has 0 unspecified atom stereocenters. The third kappa shape index (κ3) is 4.19. The van der Waals surface area contributed by atoms with Crippen molar-refractivity contribution in [1.29, 1.82) is 0 Å². The molecular formula is C14H20ClN3O3S. The largest absolute Gasteiger partial charge is 0.339 e. The Morgan fingerprint density at radius 1 is 1.23 bits per heavy atom. The van der Waals surface area contributed by atoms with Gasteiger partial charge in [0.25, 0.3) is 16.1 Å². The molecule has 0 aromatic heterocycles. The number of likely N-dealkylation sites (tertiary alicyclic amines) is 1. The van der Waals surface area contributed by atoms with Crippen molar-refractivity contribution in [1.82, 2.24) is 13.9 Å². The molecule has 0 radical (unpaired) electrons. The van der Waals surface area contributed by atoms with Crippen molar-refractivity contribution in [2.24, 2.45) is 0 Å². The van der Waals surface area contributed by atoms with Crippen molar-refractivity contribution in [3.8, 4) is 0 Å². The average Bonchev–Trinajstić information content (AvgIpc) is 2.47. The van der Waals surface area contributed by atoms with Crippen LogP contribution in [0.4, 0.5) is 0 Å². The van der Waals surface area contributed by atoms with Gasteiger partial charge in [-0.3, -0.25) is 4.79 Å². The van der Waals surface area contributed by atoms with Crippen LogP contribution in [0.25, 0.3) is 0 Å². The van der Waals surface area contributed by atoms with E-state index in [1.54, 1.807) is 29.2 Å². The number of hydrogen-bond acceptors (Lipinski definition) is 3. The quantitative estimate of drug-likeness (QED) is 0.895. The van der Waals surface area contributed by atoms with Gasteiger partial charge in [-0.15, -0.1) is 0 Å². The second-order valence-electron chi connectivity index (χ2n) is 5.48. The Balaban J connectivity index is 1.92. The summed E-state index contributed by atoms with van der Waals surface area (Å²) in [5.74, 6) is -0.0504. The highest BCUT2D eigenvalue weighted by Gasteiger charge is 2.27. The van der Waals surface area contributed by atoms with E-state index < -0.39 is 10.2 Å². The van der Waals surface area contributed by atoms with E-state index in [-0.39, 0.29) is 11.9 Å². The zero-order valence-corrected chi connectivity index (χ0v) is 14.2. The molecule has 1 heterocycles. The summed E-state index contributed by atoms with van der Waals surface area (Å²) in [7, 11) is -0.452. The lowest BCUT2D eigenvalue weighted by atomic mass is 10.0. The highest BCUT2D eigenvalue weighted by atomic mass is 35.5. The molecule has 122 valence electrons. The maximum atomic E-state index is 12.3. The van der Waals surface area contributed by atoms with Gasteiger partial charge >= 0.3 is 0 Å². The average molecular weight is 346 g/mol. The van der Waals surface area contributed by atoms with Gasteiger partial charge in [-0.05, 0) is 37.1 Å². The molecule has 8 heteroatoms. The van der Waals surface area contributed by atoms with E-state index in [4.69, 9.17) is 11.6 Å². The predicted octanol–water partition coefficient (Wildman–Crippen LogP) is 1.34. The van der Waals surface area contributed by atoms with Gasteiger partial charge < -0.3 is 4.90 Å². The fraction of sp³-hybridized carbons (Fsp3) is 0.500. The summed E-state index contributed by atoms with van der Waals surface area (Å²) in [5, 5.41) is 0.591. The van der Waals surface area contributed by atoms with E-state index in [2.05, 4.69) is 4.72 Å².